The van der Waals surface area contributed by atoms with E-state index >= 15 is 0 Å². The van der Waals surface area contributed by atoms with Crippen molar-refractivity contribution < 1.29 is 4.39 Å². The van der Waals surface area contributed by atoms with Gasteiger partial charge in [-0.2, -0.15) is 0 Å². The molecule has 0 spiro atoms. The van der Waals surface area contributed by atoms with Crippen LogP contribution in [0.25, 0.3) is 0 Å². The summed E-state index contributed by atoms with van der Waals surface area (Å²) >= 11 is 1.77. The highest BCUT2D eigenvalue weighted by Gasteiger charge is 2.29. The van der Waals surface area contributed by atoms with Crippen molar-refractivity contribution in [2.45, 2.75) is 32.0 Å². The molecule has 100 valence electrons. The second-order valence-corrected chi connectivity index (χ2v) is 6.09. The van der Waals surface area contributed by atoms with E-state index in [4.69, 9.17) is 5.73 Å². The number of thiophene rings is 1. The van der Waals surface area contributed by atoms with Gasteiger partial charge in [0.05, 0.1) is 0 Å². The van der Waals surface area contributed by atoms with Crippen LogP contribution in [0.2, 0.25) is 0 Å². The second-order valence-electron chi connectivity index (χ2n) is 5.06. The zero-order valence-electron chi connectivity index (χ0n) is 10.7. The summed E-state index contributed by atoms with van der Waals surface area (Å²) in [5.41, 5.74) is 7.51. The lowest BCUT2D eigenvalue weighted by molar-refractivity contribution is 0.248. The summed E-state index contributed by atoms with van der Waals surface area (Å²) in [4.78, 5) is 3.75. The molecule has 1 fully saturated rings. The van der Waals surface area contributed by atoms with Crippen molar-refractivity contribution in [2.24, 2.45) is 0 Å². The van der Waals surface area contributed by atoms with E-state index in [1.807, 2.05) is 0 Å². The number of benzene rings is 1. The molecule has 0 radical (unpaired) electrons. The van der Waals surface area contributed by atoms with Crippen LogP contribution in [0.3, 0.4) is 0 Å². The zero-order valence-corrected chi connectivity index (χ0v) is 11.5. The summed E-state index contributed by atoms with van der Waals surface area (Å²) in [5, 5.41) is 2.09. The first-order valence-corrected chi connectivity index (χ1v) is 7.40. The predicted octanol–water partition coefficient (Wildman–Crippen LogP) is 3.63. The van der Waals surface area contributed by atoms with Crippen molar-refractivity contribution in [2.75, 3.05) is 5.73 Å². The first-order valence-electron chi connectivity index (χ1n) is 6.53. The maximum absolute atomic E-state index is 13.3. The van der Waals surface area contributed by atoms with Crippen molar-refractivity contribution in [1.29, 1.82) is 0 Å². The lowest BCUT2D eigenvalue weighted by Gasteiger charge is -2.22. The average Bonchev–Trinajstić information content (AvgIpc) is 3.12. The number of halogens is 1. The number of nitrogens with zero attached hydrogens (tertiary/aromatic N) is 1. The molecule has 1 heterocycles. The minimum Gasteiger partial charge on any atom is -0.398 e. The lowest BCUT2D eigenvalue weighted by atomic mass is 10.1. The number of nitrogen functional groups attached to an aromatic ring is 1. The van der Waals surface area contributed by atoms with Crippen LogP contribution in [-0.4, -0.2) is 10.9 Å². The van der Waals surface area contributed by atoms with Gasteiger partial charge in [-0.25, -0.2) is 4.39 Å². The van der Waals surface area contributed by atoms with Crippen LogP contribution in [0.1, 0.15) is 23.3 Å². The molecule has 1 aliphatic carbocycles. The molecule has 1 aromatic heterocycles. The van der Waals surface area contributed by atoms with Crippen molar-refractivity contribution in [3.05, 3.63) is 52.0 Å². The van der Waals surface area contributed by atoms with Gasteiger partial charge >= 0.3 is 0 Å². The van der Waals surface area contributed by atoms with Crippen molar-refractivity contribution in [3.8, 4) is 0 Å². The van der Waals surface area contributed by atoms with Crippen LogP contribution in [0, 0.1) is 5.82 Å². The van der Waals surface area contributed by atoms with Crippen LogP contribution in [0.15, 0.2) is 35.7 Å². The van der Waals surface area contributed by atoms with E-state index in [0.29, 0.717) is 11.7 Å². The number of hydrogen-bond acceptors (Lipinski definition) is 3. The van der Waals surface area contributed by atoms with Gasteiger partial charge in [0.2, 0.25) is 0 Å². The minimum atomic E-state index is -0.212. The fourth-order valence-corrected chi connectivity index (χ4v) is 3.02. The lowest BCUT2D eigenvalue weighted by Crippen LogP contribution is -2.25. The minimum absolute atomic E-state index is 0.212. The van der Waals surface area contributed by atoms with Crippen LogP contribution in [0.5, 0.6) is 0 Å². The van der Waals surface area contributed by atoms with Crippen LogP contribution in [0.4, 0.5) is 10.1 Å². The number of hydrogen-bond donors (Lipinski definition) is 1. The second kappa shape index (κ2) is 5.31. The molecule has 19 heavy (non-hydrogen) atoms. The van der Waals surface area contributed by atoms with Gasteiger partial charge in [-0.1, -0.05) is 6.07 Å². The van der Waals surface area contributed by atoms with Crippen molar-refractivity contribution in [1.82, 2.24) is 4.90 Å². The molecular formula is C15H17FN2S. The molecule has 4 heteroatoms. The van der Waals surface area contributed by atoms with E-state index in [1.165, 1.54) is 23.8 Å². The molecular weight excluding hydrogens is 259 g/mol. The molecule has 2 N–H and O–H groups in total. The highest BCUT2D eigenvalue weighted by molar-refractivity contribution is 7.09. The molecule has 0 atom stereocenters. The van der Waals surface area contributed by atoms with Gasteiger partial charge in [0, 0.05) is 29.7 Å². The molecule has 2 aromatic rings. The van der Waals surface area contributed by atoms with Gasteiger partial charge in [-0.05, 0) is 48.1 Å². The highest BCUT2D eigenvalue weighted by Crippen LogP contribution is 2.31. The fourth-order valence-electron chi connectivity index (χ4n) is 2.29. The van der Waals surface area contributed by atoms with Gasteiger partial charge in [-0.15, -0.1) is 11.3 Å². The van der Waals surface area contributed by atoms with Crippen molar-refractivity contribution in [3.63, 3.8) is 0 Å². The topological polar surface area (TPSA) is 29.3 Å². The Labute approximate surface area is 116 Å². The Morgan fingerprint density at radius 2 is 2.11 bits per heavy atom. The molecule has 0 aliphatic heterocycles. The van der Waals surface area contributed by atoms with E-state index < -0.39 is 0 Å². The van der Waals surface area contributed by atoms with E-state index in [1.54, 1.807) is 23.5 Å². The maximum atomic E-state index is 13.3. The number of anilines is 1. The largest absolute Gasteiger partial charge is 0.398 e. The third-order valence-electron chi connectivity index (χ3n) is 3.48. The van der Waals surface area contributed by atoms with E-state index in [0.717, 1.165) is 18.7 Å². The highest BCUT2D eigenvalue weighted by atomic mass is 32.1. The first kappa shape index (κ1) is 12.6. The van der Waals surface area contributed by atoms with Crippen LogP contribution < -0.4 is 5.73 Å². The monoisotopic (exact) mass is 276 g/mol. The van der Waals surface area contributed by atoms with Gasteiger partial charge in [0.25, 0.3) is 0 Å². The average molecular weight is 276 g/mol. The summed E-state index contributed by atoms with van der Waals surface area (Å²) in [6.45, 7) is 1.66. The summed E-state index contributed by atoms with van der Waals surface area (Å²) in [7, 11) is 0. The van der Waals surface area contributed by atoms with Crippen LogP contribution >= 0.6 is 11.3 Å². The first-order chi connectivity index (χ1) is 9.22. The summed E-state index contributed by atoms with van der Waals surface area (Å²) in [6, 6.07) is 9.47. The standard InChI is InChI=1S/C15H17FN2S/c16-12-3-6-15(17)11(8-12)9-18(13-4-5-13)10-14-2-1-7-19-14/h1-3,6-8,13H,4-5,9-10,17H2. The molecule has 0 saturated heterocycles. The smallest absolute Gasteiger partial charge is 0.123 e. The Kier molecular flexibility index (Phi) is 3.53. The molecule has 0 bridgehead atoms. The Balaban J connectivity index is 1.76. The Hall–Kier alpha value is -1.39. The number of rotatable bonds is 5. The van der Waals surface area contributed by atoms with Crippen LogP contribution in [-0.2, 0) is 13.1 Å². The Morgan fingerprint density at radius 3 is 2.79 bits per heavy atom. The third kappa shape index (κ3) is 3.14. The zero-order chi connectivity index (χ0) is 13.2. The SMILES string of the molecule is Nc1ccc(F)cc1CN(Cc1cccs1)C1CC1. The molecule has 3 rings (SSSR count). The molecule has 1 saturated carbocycles. The Morgan fingerprint density at radius 1 is 1.26 bits per heavy atom. The fraction of sp³-hybridized carbons (Fsp3) is 0.333. The summed E-state index contributed by atoms with van der Waals surface area (Å²) in [5.74, 6) is -0.212. The van der Waals surface area contributed by atoms with Gasteiger partial charge < -0.3 is 5.73 Å². The molecule has 1 aromatic carbocycles. The van der Waals surface area contributed by atoms with E-state index in [2.05, 4.69) is 22.4 Å². The van der Waals surface area contributed by atoms with Gasteiger partial charge in [0.1, 0.15) is 5.82 Å². The van der Waals surface area contributed by atoms with E-state index in [9.17, 15) is 4.39 Å². The predicted molar refractivity (Wildman–Crippen MR) is 77.4 cm³/mol. The maximum Gasteiger partial charge on any atom is 0.123 e. The molecule has 2 nitrogen and oxygen atoms in total. The summed E-state index contributed by atoms with van der Waals surface area (Å²) < 4.78 is 13.3. The van der Waals surface area contributed by atoms with Gasteiger partial charge in [-0.3, -0.25) is 4.90 Å². The molecule has 1 aliphatic rings. The summed E-state index contributed by atoms with van der Waals surface area (Å²) in [6.07, 6.45) is 2.47. The van der Waals surface area contributed by atoms with Gasteiger partial charge in [0.15, 0.2) is 0 Å². The molecule has 0 unspecified atom stereocenters. The normalized spacial score (nSPS) is 15.1. The van der Waals surface area contributed by atoms with E-state index in [-0.39, 0.29) is 5.82 Å². The third-order valence-corrected chi connectivity index (χ3v) is 4.34. The van der Waals surface area contributed by atoms with Crippen molar-refractivity contribution >= 4 is 17.0 Å². The molecule has 0 amide bonds. The quantitative estimate of drug-likeness (QED) is 0.845. The number of nitrogens with two attached hydrogens (primary N) is 1. The Bertz CT molecular complexity index is 549.